The first-order valence-electron chi connectivity index (χ1n) is 3.07. The normalized spacial score (nSPS) is 10.3. The molecule has 0 unspecified atom stereocenters. The van der Waals surface area contributed by atoms with Crippen molar-refractivity contribution in [1.29, 1.82) is 0 Å². The van der Waals surface area contributed by atoms with Gasteiger partial charge in [-0.25, -0.2) is 0 Å². The smallest absolute Gasteiger partial charge is 0.235 e. The Morgan fingerprint density at radius 2 is 2.33 bits per heavy atom. The lowest BCUT2D eigenvalue weighted by molar-refractivity contribution is 0.554. The summed E-state index contributed by atoms with van der Waals surface area (Å²) in [6.45, 7) is 0.375. The quantitative estimate of drug-likeness (QED) is 0.574. The molecule has 0 spiro atoms. The molecule has 8 nitrogen and oxygen atoms in total. The Morgan fingerprint density at radius 3 is 2.92 bits per heavy atom. The number of aromatic amines is 2. The summed E-state index contributed by atoms with van der Waals surface area (Å²) < 4.78 is 0.332. The Bertz CT molecular complexity index is 396. The van der Waals surface area contributed by atoms with Gasteiger partial charge in [-0.3, -0.25) is 5.10 Å². The third-order valence-electron chi connectivity index (χ3n) is 1.15. The molecule has 2 aromatic heterocycles. The van der Waals surface area contributed by atoms with Gasteiger partial charge in [0.15, 0.2) is 5.82 Å². The van der Waals surface area contributed by atoms with Gasteiger partial charge in [0.1, 0.15) is 6.54 Å². The molecular weight excluding hydrogens is 180 g/mol. The van der Waals surface area contributed by atoms with Crippen LogP contribution in [0.1, 0.15) is 5.82 Å². The van der Waals surface area contributed by atoms with Gasteiger partial charge < -0.3 is 0 Å². The zero-order valence-corrected chi connectivity index (χ0v) is 6.62. The first-order chi connectivity index (χ1) is 5.84. The van der Waals surface area contributed by atoms with Crippen molar-refractivity contribution in [3.05, 3.63) is 10.6 Å². The molecular formula is C3H4N8S. The van der Waals surface area contributed by atoms with Gasteiger partial charge in [-0.1, -0.05) is 10.3 Å². The number of H-pyrrole nitrogens is 2. The van der Waals surface area contributed by atoms with Gasteiger partial charge >= 0.3 is 0 Å². The standard InChI is InChI=1S/C3H4N8S/c12-3-6-10-11(7-3)1-2-4-8-9-5-2/h1H2,(H,7,12)(H,4,5,8,9). The molecule has 0 bridgehead atoms. The van der Waals surface area contributed by atoms with E-state index in [1.54, 1.807) is 0 Å². The Kier molecular flexibility index (Phi) is 1.63. The van der Waals surface area contributed by atoms with Crippen molar-refractivity contribution in [2.24, 2.45) is 0 Å². The van der Waals surface area contributed by atoms with E-state index in [1.807, 2.05) is 0 Å². The van der Waals surface area contributed by atoms with E-state index in [-0.39, 0.29) is 0 Å². The van der Waals surface area contributed by atoms with Gasteiger partial charge in [-0.2, -0.15) is 10.0 Å². The molecule has 0 aromatic carbocycles. The van der Waals surface area contributed by atoms with Crippen LogP contribution in [0.4, 0.5) is 0 Å². The Hall–Kier alpha value is -1.64. The zero-order valence-electron chi connectivity index (χ0n) is 5.80. The van der Waals surface area contributed by atoms with E-state index in [4.69, 9.17) is 12.2 Å². The monoisotopic (exact) mass is 184 g/mol. The highest BCUT2D eigenvalue weighted by molar-refractivity contribution is 7.71. The molecule has 0 saturated carbocycles. The SMILES string of the molecule is S=c1nnn(Cc2nn[nH]n2)[nH]1. The van der Waals surface area contributed by atoms with E-state index in [0.717, 1.165) is 0 Å². The van der Waals surface area contributed by atoms with Crippen LogP contribution in [0, 0.1) is 4.77 Å². The zero-order chi connectivity index (χ0) is 8.39. The summed E-state index contributed by atoms with van der Waals surface area (Å²) in [6, 6.07) is 0. The molecule has 12 heavy (non-hydrogen) atoms. The number of hydrogen-bond donors (Lipinski definition) is 2. The summed E-state index contributed by atoms with van der Waals surface area (Å²) >= 11 is 4.71. The van der Waals surface area contributed by atoms with Crippen molar-refractivity contribution in [1.82, 2.24) is 40.8 Å². The molecule has 0 aliphatic heterocycles. The molecule has 9 heteroatoms. The minimum atomic E-state index is 0.332. The van der Waals surface area contributed by atoms with E-state index in [1.165, 1.54) is 4.80 Å². The third kappa shape index (κ3) is 1.34. The maximum Gasteiger partial charge on any atom is 0.235 e. The van der Waals surface area contributed by atoms with Crippen LogP contribution in [0.2, 0.25) is 0 Å². The predicted octanol–water partition coefficient (Wildman–Crippen LogP) is -1.10. The lowest BCUT2D eigenvalue weighted by Gasteiger charge is -1.90. The van der Waals surface area contributed by atoms with Crippen molar-refractivity contribution in [2.45, 2.75) is 6.54 Å². The van der Waals surface area contributed by atoms with Crippen LogP contribution in [0.3, 0.4) is 0 Å². The van der Waals surface area contributed by atoms with Crippen molar-refractivity contribution in [3.8, 4) is 0 Å². The van der Waals surface area contributed by atoms with Gasteiger partial charge in [0.25, 0.3) is 0 Å². The molecule has 0 fully saturated rings. The van der Waals surface area contributed by atoms with E-state index >= 15 is 0 Å². The Balaban J connectivity index is 2.19. The molecule has 0 aliphatic carbocycles. The van der Waals surface area contributed by atoms with Gasteiger partial charge in [0.2, 0.25) is 4.77 Å². The number of nitrogens with zero attached hydrogens (tertiary/aromatic N) is 6. The molecule has 0 amide bonds. The summed E-state index contributed by atoms with van der Waals surface area (Å²) in [5.74, 6) is 0.520. The van der Waals surface area contributed by atoms with Crippen LogP contribution in [-0.4, -0.2) is 40.8 Å². The first kappa shape index (κ1) is 7.03. The number of rotatable bonds is 2. The molecule has 2 rings (SSSR count). The molecule has 62 valence electrons. The summed E-state index contributed by atoms with van der Waals surface area (Å²) in [4.78, 5) is 1.42. The second kappa shape index (κ2) is 2.77. The second-order valence-electron chi connectivity index (χ2n) is 1.99. The molecule has 0 saturated heterocycles. The van der Waals surface area contributed by atoms with Crippen molar-refractivity contribution in [2.75, 3.05) is 0 Å². The fourth-order valence-electron chi connectivity index (χ4n) is 0.704. The first-order valence-corrected chi connectivity index (χ1v) is 3.47. The predicted molar refractivity (Wildman–Crippen MR) is 38.5 cm³/mol. The van der Waals surface area contributed by atoms with Crippen LogP contribution >= 0.6 is 12.2 Å². The van der Waals surface area contributed by atoms with Crippen molar-refractivity contribution < 1.29 is 0 Å². The molecule has 2 N–H and O–H groups in total. The van der Waals surface area contributed by atoms with Gasteiger partial charge in [0, 0.05) is 0 Å². The molecule has 0 atom stereocenters. The van der Waals surface area contributed by atoms with Crippen LogP contribution < -0.4 is 0 Å². The third-order valence-corrected chi connectivity index (χ3v) is 1.32. The number of aromatic nitrogens is 8. The van der Waals surface area contributed by atoms with E-state index in [9.17, 15) is 0 Å². The topological polar surface area (TPSA) is 101 Å². The number of tetrazole rings is 2. The Labute approximate surface area is 71.0 Å². The lowest BCUT2D eigenvalue weighted by Crippen LogP contribution is -2.05. The van der Waals surface area contributed by atoms with Gasteiger partial charge in [-0.15, -0.1) is 10.2 Å². The molecule has 0 aliphatic rings. The van der Waals surface area contributed by atoms with Crippen LogP contribution in [0.25, 0.3) is 0 Å². The van der Waals surface area contributed by atoms with Crippen LogP contribution in [0.5, 0.6) is 0 Å². The number of hydrogen-bond acceptors (Lipinski definition) is 6. The van der Waals surface area contributed by atoms with Gasteiger partial charge in [-0.05, 0) is 17.4 Å². The van der Waals surface area contributed by atoms with Crippen molar-refractivity contribution in [3.63, 3.8) is 0 Å². The average molecular weight is 184 g/mol. The van der Waals surface area contributed by atoms with E-state index in [0.29, 0.717) is 17.1 Å². The fraction of sp³-hybridized carbons (Fsp3) is 0.333. The van der Waals surface area contributed by atoms with Crippen LogP contribution in [-0.2, 0) is 6.54 Å². The largest absolute Gasteiger partial charge is 0.253 e. The maximum atomic E-state index is 4.71. The Morgan fingerprint density at radius 1 is 1.42 bits per heavy atom. The summed E-state index contributed by atoms with van der Waals surface area (Å²) in [5.41, 5.74) is 0. The van der Waals surface area contributed by atoms with E-state index in [2.05, 4.69) is 36.0 Å². The van der Waals surface area contributed by atoms with E-state index < -0.39 is 0 Å². The van der Waals surface area contributed by atoms with Gasteiger partial charge in [0.05, 0.1) is 0 Å². The maximum absolute atomic E-state index is 4.71. The number of nitrogens with one attached hydrogen (secondary N) is 2. The molecule has 0 radical (unpaired) electrons. The lowest BCUT2D eigenvalue weighted by atomic mass is 10.6. The molecule has 2 heterocycles. The van der Waals surface area contributed by atoms with Crippen LogP contribution in [0.15, 0.2) is 0 Å². The highest BCUT2D eigenvalue weighted by Crippen LogP contribution is 1.86. The fourth-order valence-corrected chi connectivity index (χ4v) is 0.846. The minimum Gasteiger partial charge on any atom is -0.253 e. The highest BCUT2D eigenvalue weighted by atomic mass is 32.1. The summed E-state index contributed by atoms with van der Waals surface area (Å²) in [5, 5.41) is 23.1. The molecule has 2 aromatic rings. The average Bonchev–Trinajstić information content (AvgIpc) is 2.63. The summed E-state index contributed by atoms with van der Waals surface area (Å²) in [6.07, 6.45) is 0. The second-order valence-corrected chi connectivity index (χ2v) is 2.38. The minimum absolute atomic E-state index is 0.332. The highest BCUT2D eigenvalue weighted by Gasteiger charge is 1.99. The summed E-state index contributed by atoms with van der Waals surface area (Å²) in [7, 11) is 0. The van der Waals surface area contributed by atoms with Crippen molar-refractivity contribution >= 4 is 12.2 Å².